The first-order valence-electron chi connectivity index (χ1n) is 7.79. The number of carbonyl (C=O) groups excluding carboxylic acids is 1. The van der Waals surface area contributed by atoms with E-state index in [9.17, 15) is 4.79 Å². The van der Waals surface area contributed by atoms with Gasteiger partial charge >= 0.3 is 0 Å². The van der Waals surface area contributed by atoms with Crippen LogP contribution in [0.25, 0.3) is 0 Å². The predicted octanol–water partition coefficient (Wildman–Crippen LogP) is 1.93. The van der Waals surface area contributed by atoms with E-state index in [0.29, 0.717) is 13.0 Å². The summed E-state index contributed by atoms with van der Waals surface area (Å²) in [6.45, 7) is 6.06. The van der Waals surface area contributed by atoms with Gasteiger partial charge in [0.15, 0.2) is 0 Å². The van der Waals surface area contributed by atoms with Crippen molar-refractivity contribution >= 4 is 11.6 Å². The van der Waals surface area contributed by atoms with Gasteiger partial charge in [0.1, 0.15) is 0 Å². The summed E-state index contributed by atoms with van der Waals surface area (Å²) in [6.07, 6.45) is 4.32. The lowest BCUT2D eigenvalue weighted by molar-refractivity contribution is -0.131. The van der Waals surface area contributed by atoms with Crippen molar-refractivity contribution in [3.63, 3.8) is 0 Å². The Labute approximate surface area is 131 Å². The average Bonchev–Trinajstić information content (AvgIpc) is 2.99. The third kappa shape index (κ3) is 3.47. The van der Waals surface area contributed by atoms with Crippen LogP contribution in [0.1, 0.15) is 12.0 Å². The zero-order chi connectivity index (χ0) is 15.4. The van der Waals surface area contributed by atoms with Crippen LogP contribution in [0.15, 0.2) is 42.7 Å². The number of nitrogens with zero attached hydrogens (tertiary/aromatic N) is 4. The molecule has 116 valence electrons. The quantitative estimate of drug-likeness (QED) is 0.866. The van der Waals surface area contributed by atoms with Gasteiger partial charge in [0.05, 0.1) is 6.20 Å². The highest BCUT2D eigenvalue weighted by Crippen LogP contribution is 2.15. The summed E-state index contributed by atoms with van der Waals surface area (Å²) in [5.41, 5.74) is 2.37. The van der Waals surface area contributed by atoms with Crippen molar-refractivity contribution in [1.29, 1.82) is 0 Å². The van der Waals surface area contributed by atoms with Gasteiger partial charge in [0.25, 0.3) is 0 Å². The highest BCUT2D eigenvalue weighted by molar-refractivity contribution is 5.76. The van der Waals surface area contributed by atoms with Gasteiger partial charge in [-0.05, 0) is 24.6 Å². The molecule has 1 aromatic carbocycles. The minimum absolute atomic E-state index is 0.223. The molecule has 0 unspecified atom stereocenters. The van der Waals surface area contributed by atoms with Crippen molar-refractivity contribution in [2.45, 2.75) is 19.9 Å². The molecular weight excluding hydrogens is 276 g/mol. The Kier molecular flexibility index (Phi) is 4.42. The van der Waals surface area contributed by atoms with E-state index >= 15 is 0 Å². The maximum absolute atomic E-state index is 12.3. The van der Waals surface area contributed by atoms with E-state index in [1.54, 1.807) is 0 Å². The Morgan fingerprint density at radius 1 is 1.14 bits per heavy atom. The number of carbonyl (C=O) groups is 1. The van der Waals surface area contributed by atoms with Gasteiger partial charge in [-0.3, -0.25) is 9.48 Å². The maximum Gasteiger partial charge on any atom is 0.224 e. The fraction of sp³-hybridized carbons (Fsp3) is 0.412. The highest BCUT2D eigenvalue weighted by Gasteiger charge is 2.20. The second kappa shape index (κ2) is 6.64. The number of hydrogen-bond donors (Lipinski definition) is 0. The molecule has 22 heavy (non-hydrogen) atoms. The summed E-state index contributed by atoms with van der Waals surface area (Å²) < 4.78 is 1.84. The number of anilines is 1. The number of amides is 1. The van der Waals surface area contributed by atoms with Crippen molar-refractivity contribution in [3.8, 4) is 0 Å². The molecule has 0 saturated carbocycles. The van der Waals surface area contributed by atoms with Crippen molar-refractivity contribution < 1.29 is 4.79 Å². The summed E-state index contributed by atoms with van der Waals surface area (Å²) >= 11 is 0. The molecule has 0 aliphatic carbocycles. The Morgan fingerprint density at radius 2 is 1.86 bits per heavy atom. The molecule has 0 radical (unpaired) electrons. The van der Waals surface area contributed by atoms with Crippen LogP contribution in [0.5, 0.6) is 0 Å². The van der Waals surface area contributed by atoms with Crippen molar-refractivity contribution in [1.82, 2.24) is 14.7 Å². The Hall–Kier alpha value is -2.30. The molecule has 0 bridgehead atoms. The topological polar surface area (TPSA) is 41.4 Å². The molecule has 2 aromatic rings. The molecule has 2 heterocycles. The first-order chi connectivity index (χ1) is 10.7. The van der Waals surface area contributed by atoms with E-state index in [1.807, 2.05) is 35.0 Å². The summed E-state index contributed by atoms with van der Waals surface area (Å²) in [5.74, 6) is 0.223. The van der Waals surface area contributed by atoms with E-state index in [2.05, 4.69) is 34.3 Å². The van der Waals surface area contributed by atoms with Gasteiger partial charge in [-0.1, -0.05) is 18.2 Å². The summed E-state index contributed by atoms with van der Waals surface area (Å²) in [5, 5.41) is 4.22. The first kappa shape index (κ1) is 14.6. The Balaban J connectivity index is 1.47. The van der Waals surface area contributed by atoms with Crippen LogP contribution in [0.3, 0.4) is 0 Å². The van der Waals surface area contributed by atoms with E-state index in [-0.39, 0.29) is 5.91 Å². The lowest BCUT2D eigenvalue weighted by Crippen LogP contribution is -2.48. The van der Waals surface area contributed by atoms with Crippen LogP contribution in [-0.4, -0.2) is 46.8 Å². The molecule has 5 nitrogen and oxygen atoms in total. The summed E-state index contributed by atoms with van der Waals surface area (Å²) in [7, 11) is 0. The molecule has 3 rings (SSSR count). The minimum Gasteiger partial charge on any atom is -0.368 e. The van der Waals surface area contributed by atoms with Gasteiger partial charge in [0.2, 0.25) is 5.91 Å². The first-order valence-corrected chi connectivity index (χ1v) is 7.79. The van der Waals surface area contributed by atoms with Crippen LogP contribution >= 0.6 is 0 Å². The third-order valence-corrected chi connectivity index (χ3v) is 4.07. The lowest BCUT2D eigenvalue weighted by Gasteiger charge is -2.36. The maximum atomic E-state index is 12.3. The molecule has 0 spiro atoms. The minimum atomic E-state index is 0.223. The fourth-order valence-corrected chi connectivity index (χ4v) is 2.81. The van der Waals surface area contributed by atoms with Crippen molar-refractivity contribution in [2.24, 2.45) is 0 Å². The zero-order valence-electron chi connectivity index (χ0n) is 13.0. The normalized spacial score (nSPS) is 15.1. The summed E-state index contributed by atoms with van der Waals surface area (Å²) in [6, 6.07) is 10.4. The smallest absolute Gasteiger partial charge is 0.224 e. The van der Waals surface area contributed by atoms with Crippen LogP contribution in [-0.2, 0) is 11.3 Å². The average molecular weight is 298 g/mol. The van der Waals surface area contributed by atoms with Gasteiger partial charge < -0.3 is 9.80 Å². The van der Waals surface area contributed by atoms with Crippen LogP contribution in [0.4, 0.5) is 5.69 Å². The van der Waals surface area contributed by atoms with E-state index in [1.165, 1.54) is 5.69 Å². The van der Waals surface area contributed by atoms with Gasteiger partial charge in [-0.25, -0.2) is 0 Å². The highest BCUT2D eigenvalue weighted by atomic mass is 16.2. The second-order valence-electron chi connectivity index (χ2n) is 5.73. The van der Waals surface area contributed by atoms with E-state index < -0.39 is 0 Å². The molecule has 5 heteroatoms. The number of piperazine rings is 1. The van der Waals surface area contributed by atoms with E-state index in [4.69, 9.17) is 0 Å². The molecule has 1 saturated heterocycles. The predicted molar refractivity (Wildman–Crippen MR) is 86.8 cm³/mol. The number of rotatable bonds is 4. The molecule has 1 fully saturated rings. The molecule has 1 aromatic heterocycles. The number of para-hydroxylation sites is 1. The van der Waals surface area contributed by atoms with Crippen molar-refractivity contribution in [2.75, 3.05) is 31.1 Å². The number of aromatic nitrogens is 2. The molecule has 0 atom stereocenters. The third-order valence-electron chi connectivity index (χ3n) is 4.07. The van der Waals surface area contributed by atoms with Gasteiger partial charge in [-0.2, -0.15) is 5.10 Å². The monoisotopic (exact) mass is 298 g/mol. The van der Waals surface area contributed by atoms with Gasteiger partial charge in [-0.15, -0.1) is 0 Å². The molecular formula is C17H22N4O. The Bertz CT molecular complexity index is 615. The zero-order valence-corrected chi connectivity index (χ0v) is 13.0. The largest absolute Gasteiger partial charge is 0.368 e. The number of aryl methyl sites for hydroxylation is 2. The molecule has 1 aliphatic heterocycles. The van der Waals surface area contributed by atoms with Crippen molar-refractivity contribution in [3.05, 3.63) is 48.3 Å². The van der Waals surface area contributed by atoms with Gasteiger partial charge in [0, 0.05) is 51.0 Å². The Morgan fingerprint density at radius 3 is 2.50 bits per heavy atom. The molecule has 1 amide bonds. The number of benzene rings is 1. The number of hydrogen-bond acceptors (Lipinski definition) is 3. The lowest BCUT2D eigenvalue weighted by atomic mass is 10.2. The van der Waals surface area contributed by atoms with Crippen LogP contribution < -0.4 is 4.90 Å². The fourth-order valence-electron chi connectivity index (χ4n) is 2.81. The SMILES string of the molecule is Cc1cnn(CCC(=O)N2CCN(c3ccccc3)CC2)c1. The van der Waals surface area contributed by atoms with Crippen LogP contribution in [0.2, 0.25) is 0 Å². The second-order valence-corrected chi connectivity index (χ2v) is 5.73. The molecule has 0 N–H and O–H groups in total. The van der Waals surface area contributed by atoms with E-state index in [0.717, 1.165) is 31.7 Å². The molecule has 1 aliphatic rings. The standard InChI is InChI=1S/C17H22N4O/c1-15-13-18-21(14-15)8-7-17(22)20-11-9-19(10-12-20)16-5-3-2-4-6-16/h2-6,13-14H,7-12H2,1H3. The van der Waals surface area contributed by atoms with Crippen LogP contribution in [0, 0.1) is 6.92 Å². The summed E-state index contributed by atoms with van der Waals surface area (Å²) in [4.78, 5) is 16.6.